The quantitative estimate of drug-likeness (QED) is 0.461. The molecule has 30 heavy (non-hydrogen) atoms. The lowest BCUT2D eigenvalue weighted by atomic mass is 10.0. The first-order valence-electron chi connectivity index (χ1n) is 9.64. The number of imidazole rings is 1. The number of fused-ring (bicyclic) bond motifs is 1. The third-order valence-corrected chi connectivity index (χ3v) is 5.32. The summed E-state index contributed by atoms with van der Waals surface area (Å²) in [5.41, 5.74) is 5.80. The van der Waals surface area contributed by atoms with Gasteiger partial charge in [-0.15, -0.1) is 0 Å². The summed E-state index contributed by atoms with van der Waals surface area (Å²) < 4.78 is 7.56. The molecule has 5 nitrogen and oxygen atoms in total. The van der Waals surface area contributed by atoms with Crippen LogP contribution in [0.3, 0.4) is 0 Å². The van der Waals surface area contributed by atoms with Crippen LogP contribution in [0.5, 0.6) is 5.75 Å². The van der Waals surface area contributed by atoms with Gasteiger partial charge in [-0.05, 0) is 60.5 Å². The molecule has 152 valence electrons. The summed E-state index contributed by atoms with van der Waals surface area (Å²) in [6, 6.07) is 19.7. The van der Waals surface area contributed by atoms with Crippen LogP contribution in [0.2, 0.25) is 5.02 Å². The first-order valence-corrected chi connectivity index (χ1v) is 10.0. The molecule has 0 radical (unpaired) electrons. The Balaban J connectivity index is 1.74. The Bertz CT molecular complexity index is 1230. The number of aromatic nitrogens is 2. The van der Waals surface area contributed by atoms with Gasteiger partial charge in [-0.3, -0.25) is 9.36 Å². The zero-order chi connectivity index (χ0) is 21.3. The standard InChI is InChI=1S/C24H22ClN3O2/c1-15(27-16(2)29)17-7-9-23-22(12-17)26-14-28(23)20-6-4-5-18(11-20)21-13-19(25)8-10-24(21)30-3/h4-15H,1-3H3,(H,27,29)/t15-/m0/s1. The van der Waals surface area contributed by atoms with Crippen molar-refractivity contribution in [3.8, 4) is 22.6 Å². The van der Waals surface area contributed by atoms with Gasteiger partial charge < -0.3 is 10.1 Å². The number of carbonyl (C=O) groups excluding carboxylic acids is 1. The van der Waals surface area contributed by atoms with Crippen molar-refractivity contribution in [1.29, 1.82) is 0 Å². The van der Waals surface area contributed by atoms with E-state index in [1.165, 1.54) is 6.92 Å². The summed E-state index contributed by atoms with van der Waals surface area (Å²) in [5, 5.41) is 3.56. The van der Waals surface area contributed by atoms with E-state index in [-0.39, 0.29) is 11.9 Å². The minimum absolute atomic E-state index is 0.0543. The van der Waals surface area contributed by atoms with Gasteiger partial charge in [0.05, 0.1) is 24.2 Å². The molecule has 1 heterocycles. The van der Waals surface area contributed by atoms with E-state index in [1.807, 2.05) is 72.4 Å². The first-order chi connectivity index (χ1) is 14.5. The van der Waals surface area contributed by atoms with E-state index in [4.69, 9.17) is 16.3 Å². The van der Waals surface area contributed by atoms with Crippen LogP contribution < -0.4 is 10.1 Å². The van der Waals surface area contributed by atoms with Crippen LogP contribution in [-0.2, 0) is 4.79 Å². The molecule has 4 aromatic rings. The summed E-state index contributed by atoms with van der Waals surface area (Å²) >= 11 is 6.22. The van der Waals surface area contributed by atoms with Crippen LogP contribution in [0.1, 0.15) is 25.5 Å². The zero-order valence-electron chi connectivity index (χ0n) is 17.0. The number of benzene rings is 3. The second-order valence-electron chi connectivity index (χ2n) is 7.18. The molecule has 0 bridgehead atoms. The summed E-state index contributed by atoms with van der Waals surface area (Å²) in [6.07, 6.45) is 1.81. The molecular weight excluding hydrogens is 398 g/mol. The van der Waals surface area contributed by atoms with Gasteiger partial charge >= 0.3 is 0 Å². The highest BCUT2D eigenvalue weighted by Crippen LogP contribution is 2.34. The highest BCUT2D eigenvalue weighted by atomic mass is 35.5. The molecule has 1 atom stereocenters. The number of nitrogens with zero attached hydrogens (tertiary/aromatic N) is 2. The van der Waals surface area contributed by atoms with Crippen LogP contribution in [-0.4, -0.2) is 22.6 Å². The fourth-order valence-corrected chi connectivity index (χ4v) is 3.79. The minimum atomic E-state index is -0.0735. The third kappa shape index (κ3) is 3.89. The number of ether oxygens (including phenoxy) is 1. The Morgan fingerprint density at radius 1 is 1.13 bits per heavy atom. The van der Waals surface area contributed by atoms with E-state index in [9.17, 15) is 4.79 Å². The van der Waals surface area contributed by atoms with Crippen molar-refractivity contribution in [3.63, 3.8) is 0 Å². The molecule has 0 spiro atoms. The second-order valence-corrected chi connectivity index (χ2v) is 7.62. The highest BCUT2D eigenvalue weighted by molar-refractivity contribution is 6.31. The fraction of sp³-hybridized carbons (Fsp3) is 0.167. The van der Waals surface area contributed by atoms with Crippen molar-refractivity contribution < 1.29 is 9.53 Å². The molecule has 0 aliphatic heterocycles. The molecule has 0 saturated carbocycles. The molecule has 1 aromatic heterocycles. The maximum atomic E-state index is 11.3. The zero-order valence-corrected chi connectivity index (χ0v) is 17.8. The highest BCUT2D eigenvalue weighted by Gasteiger charge is 2.12. The molecule has 0 fully saturated rings. The lowest BCUT2D eigenvalue weighted by Gasteiger charge is -2.13. The van der Waals surface area contributed by atoms with E-state index in [2.05, 4.69) is 16.4 Å². The number of hydrogen-bond acceptors (Lipinski definition) is 3. The van der Waals surface area contributed by atoms with Crippen LogP contribution in [0.25, 0.3) is 27.8 Å². The molecule has 4 rings (SSSR count). The number of carbonyl (C=O) groups is 1. The van der Waals surface area contributed by atoms with E-state index in [0.717, 1.165) is 39.2 Å². The van der Waals surface area contributed by atoms with E-state index in [1.54, 1.807) is 7.11 Å². The summed E-state index contributed by atoms with van der Waals surface area (Å²) in [4.78, 5) is 15.9. The van der Waals surface area contributed by atoms with Crippen LogP contribution in [0, 0.1) is 0 Å². The molecular formula is C24H22ClN3O2. The average molecular weight is 420 g/mol. The number of rotatable bonds is 5. The Morgan fingerprint density at radius 2 is 1.97 bits per heavy atom. The molecule has 6 heteroatoms. The number of hydrogen-bond donors (Lipinski definition) is 1. The van der Waals surface area contributed by atoms with Crippen LogP contribution in [0.15, 0.2) is 67.0 Å². The molecule has 0 aliphatic carbocycles. The Morgan fingerprint density at radius 3 is 2.73 bits per heavy atom. The van der Waals surface area contributed by atoms with Crippen molar-refractivity contribution in [2.75, 3.05) is 7.11 Å². The largest absolute Gasteiger partial charge is 0.496 e. The van der Waals surface area contributed by atoms with Crippen molar-refractivity contribution in [1.82, 2.24) is 14.9 Å². The van der Waals surface area contributed by atoms with E-state index in [0.29, 0.717) is 5.02 Å². The Kier molecular flexibility index (Phi) is 5.46. The normalized spacial score (nSPS) is 12.0. The number of amides is 1. The number of nitrogens with one attached hydrogen (secondary N) is 1. The number of halogens is 1. The topological polar surface area (TPSA) is 56.1 Å². The molecule has 1 N–H and O–H groups in total. The molecule has 1 amide bonds. The fourth-order valence-electron chi connectivity index (χ4n) is 3.62. The van der Waals surface area contributed by atoms with Gasteiger partial charge in [-0.1, -0.05) is 29.8 Å². The predicted octanol–water partition coefficient (Wildman–Crippen LogP) is 5.55. The maximum absolute atomic E-state index is 11.3. The smallest absolute Gasteiger partial charge is 0.217 e. The second kappa shape index (κ2) is 8.20. The Labute approximate surface area is 180 Å². The van der Waals surface area contributed by atoms with Gasteiger partial charge in [0.25, 0.3) is 0 Å². The summed E-state index contributed by atoms with van der Waals surface area (Å²) in [6.45, 7) is 3.48. The minimum Gasteiger partial charge on any atom is -0.496 e. The SMILES string of the molecule is COc1ccc(Cl)cc1-c1cccc(-n2cnc3cc([C@H](C)NC(C)=O)ccc32)c1. The van der Waals surface area contributed by atoms with Gasteiger partial charge in [0, 0.05) is 23.2 Å². The summed E-state index contributed by atoms with van der Waals surface area (Å²) in [5.74, 6) is 0.713. The molecule has 3 aromatic carbocycles. The van der Waals surface area contributed by atoms with E-state index >= 15 is 0 Å². The third-order valence-electron chi connectivity index (χ3n) is 5.09. The molecule has 0 saturated heterocycles. The predicted molar refractivity (Wildman–Crippen MR) is 120 cm³/mol. The monoisotopic (exact) mass is 419 g/mol. The van der Waals surface area contributed by atoms with Gasteiger partial charge in [0.2, 0.25) is 5.91 Å². The maximum Gasteiger partial charge on any atom is 0.217 e. The van der Waals surface area contributed by atoms with Gasteiger partial charge in [0.1, 0.15) is 12.1 Å². The molecule has 0 aliphatic rings. The first kappa shape index (κ1) is 20.0. The van der Waals surface area contributed by atoms with E-state index < -0.39 is 0 Å². The van der Waals surface area contributed by atoms with Gasteiger partial charge in [0.15, 0.2) is 0 Å². The summed E-state index contributed by atoms with van der Waals surface area (Å²) in [7, 11) is 1.65. The van der Waals surface area contributed by atoms with Crippen LogP contribution >= 0.6 is 11.6 Å². The lowest BCUT2D eigenvalue weighted by Crippen LogP contribution is -2.23. The van der Waals surface area contributed by atoms with Gasteiger partial charge in [-0.25, -0.2) is 4.98 Å². The van der Waals surface area contributed by atoms with Gasteiger partial charge in [-0.2, -0.15) is 0 Å². The van der Waals surface area contributed by atoms with Crippen molar-refractivity contribution >= 4 is 28.5 Å². The Hall–Kier alpha value is -3.31. The van der Waals surface area contributed by atoms with Crippen molar-refractivity contribution in [3.05, 3.63) is 77.6 Å². The van der Waals surface area contributed by atoms with Crippen LogP contribution in [0.4, 0.5) is 0 Å². The number of methoxy groups -OCH3 is 1. The molecule has 0 unspecified atom stereocenters. The average Bonchev–Trinajstić information content (AvgIpc) is 3.16. The van der Waals surface area contributed by atoms with Crippen molar-refractivity contribution in [2.24, 2.45) is 0 Å². The lowest BCUT2D eigenvalue weighted by molar-refractivity contribution is -0.119. The van der Waals surface area contributed by atoms with Crippen molar-refractivity contribution in [2.45, 2.75) is 19.9 Å².